The number of carboxylic acids is 2. The Labute approximate surface area is 253 Å². The van der Waals surface area contributed by atoms with Crippen LogP contribution in [0.2, 0.25) is 0 Å². The van der Waals surface area contributed by atoms with E-state index in [1.807, 2.05) is 66.0 Å². The minimum absolute atomic E-state index is 0.136. The monoisotopic (exact) mass is 608 g/mol. The summed E-state index contributed by atoms with van der Waals surface area (Å²) in [5.74, 6) is -3.97. The third-order valence-corrected chi connectivity index (χ3v) is 8.54. The van der Waals surface area contributed by atoms with Gasteiger partial charge in [-0.1, -0.05) is 60.6 Å². The lowest BCUT2D eigenvalue weighted by Gasteiger charge is -2.39. The maximum Gasteiger partial charge on any atom is 0.326 e. The molecular formula is C30H48N4O7S. The quantitative estimate of drug-likeness (QED) is 0.190. The average molecular weight is 609 g/mol. The summed E-state index contributed by atoms with van der Waals surface area (Å²) in [6, 6.07) is 0.478. The number of carbonyl (C=O) groups is 5. The highest BCUT2D eigenvalue weighted by Crippen LogP contribution is 2.32. The molecule has 11 nitrogen and oxygen atoms in total. The summed E-state index contributed by atoms with van der Waals surface area (Å²) in [7, 11) is 3.32. The summed E-state index contributed by atoms with van der Waals surface area (Å²) < 4.78 is 0. The summed E-state index contributed by atoms with van der Waals surface area (Å²) in [5.41, 5.74) is -1.02. The summed E-state index contributed by atoms with van der Waals surface area (Å²) in [6.45, 7) is 14.8. The maximum absolute atomic E-state index is 14.0. The molecule has 0 aliphatic rings. The molecule has 0 radical (unpaired) electrons. The van der Waals surface area contributed by atoms with Crippen LogP contribution >= 0.6 is 11.3 Å². The molecule has 0 aromatic carbocycles. The fourth-order valence-electron chi connectivity index (χ4n) is 4.71. The lowest BCUT2D eigenvalue weighted by Crippen LogP contribution is -2.61. The van der Waals surface area contributed by atoms with Crippen LogP contribution in [0.15, 0.2) is 29.2 Å². The summed E-state index contributed by atoms with van der Waals surface area (Å²) >= 11 is 1.56. The predicted molar refractivity (Wildman–Crippen MR) is 163 cm³/mol. The SMILES string of the molecule is CN[C@H](C(=O)NC(C(=O)N(C)[C@H](/C=C(\C)C(=O)N[C@H](CCC(=O)O)C(=O)O)C(C)C)C(C)(C)C)C(C)(C)c1cccs1. The van der Waals surface area contributed by atoms with Crippen molar-refractivity contribution < 1.29 is 34.2 Å². The van der Waals surface area contributed by atoms with Crippen LogP contribution in [0, 0.1) is 11.3 Å². The van der Waals surface area contributed by atoms with Crippen molar-refractivity contribution in [2.75, 3.05) is 14.1 Å². The largest absolute Gasteiger partial charge is 0.481 e. The number of amides is 3. The molecule has 4 atom stereocenters. The molecule has 1 aromatic heterocycles. The van der Waals surface area contributed by atoms with E-state index < -0.39 is 59.3 Å². The highest BCUT2D eigenvalue weighted by molar-refractivity contribution is 7.10. The number of rotatable bonds is 15. The number of aliphatic carboxylic acids is 2. The second kappa shape index (κ2) is 15.3. The first-order valence-corrected chi connectivity index (χ1v) is 14.9. The molecule has 0 aliphatic carbocycles. The zero-order chi connectivity index (χ0) is 32.6. The van der Waals surface area contributed by atoms with Gasteiger partial charge in [-0.3, -0.25) is 19.2 Å². The van der Waals surface area contributed by atoms with Gasteiger partial charge in [0.2, 0.25) is 17.7 Å². The van der Waals surface area contributed by atoms with Gasteiger partial charge in [-0.2, -0.15) is 0 Å². The van der Waals surface area contributed by atoms with E-state index in [-0.39, 0.29) is 29.7 Å². The zero-order valence-corrected chi connectivity index (χ0v) is 27.2. The Morgan fingerprint density at radius 3 is 2.05 bits per heavy atom. The van der Waals surface area contributed by atoms with Gasteiger partial charge in [-0.25, -0.2) is 4.79 Å². The van der Waals surface area contributed by atoms with E-state index in [4.69, 9.17) is 5.11 Å². The van der Waals surface area contributed by atoms with Crippen LogP contribution in [-0.4, -0.2) is 83.0 Å². The van der Waals surface area contributed by atoms with Crippen molar-refractivity contribution in [2.24, 2.45) is 11.3 Å². The number of nitrogens with zero attached hydrogens (tertiary/aromatic N) is 1. The van der Waals surface area contributed by atoms with Crippen molar-refractivity contribution in [1.82, 2.24) is 20.9 Å². The molecule has 1 aromatic rings. The molecule has 1 unspecified atom stereocenters. The van der Waals surface area contributed by atoms with E-state index in [2.05, 4.69) is 16.0 Å². The number of hydrogen-bond acceptors (Lipinski definition) is 7. The van der Waals surface area contributed by atoms with E-state index in [0.29, 0.717) is 0 Å². The van der Waals surface area contributed by atoms with E-state index >= 15 is 0 Å². The first-order chi connectivity index (χ1) is 19.2. The third kappa shape index (κ3) is 9.94. The van der Waals surface area contributed by atoms with Crippen LogP contribution in [-0.2, 0) is 29.4 Å². The van der Waals surface area contributed by atoms with Gasteiger partial charge in [0.15, 0.2) is 0 Å². The Balaban J connectivity index is 3.25. The van der Waals surface area contributed by atoms with Crippen LogP contribution in [0.25, 0.3) is 0 Å². The summed E-state index contributed by atoms with van der Waals surface area (Å²) in [4.78, 5) is 65.4. The Hall–Kier alpha value is -3.25. The van der Waals surface area contributed by atoms with E-state index in [0.717, 1.165) is 4.88 Å². The van der Waals surface area contributed by atoms with Crippen molar-refractivity contribution in [3.05, 3.63) is 34.0 Å². The second-order valence-electron chi connectivity index (χ2n) is 12.6. The average Bonchev–Trinajstić information content (AvgIpc) is 3.42. The van der Waals surface area contributed by atoms with Gasteiger partial charge in [0.05, 0.1) is 12.1 Å². The highest BCUT2D eigenvalue weighted by atomic mass is 32.1. The topological polar surface area (TPSA) is 165 Å². The van der Waals surface area contributed by atoms with Crippen LogP contribution in [0.5, 0.6) is 0 Å². The number of nitrogens with one attached hydrogen (secondary N) is 3. The molecule has 1 heterocycles. The van der Waals surface area contributed by atoms with Crippen molar-refractivity contribution in [3.63, 3.8) is 0 Å². The van der Waals surface area contributed by atoms with Crippen LogP contribution < -0.4 is 16.0 Å². The van der Waals surface area contributed by atoms with Gasteiger partial charge in [-0.05, 0) is 43.2 Å². The molecule has 0 aliphatic heterocycles. The fourth-order valence-corrected chi connectivity index (χ4v) is 5.60. The molecule has 3 amide bonds. The van der Waals surface area contributed by atoms with E-state index in [1.165, 1.54) is 11.8 Å². The molecule has 12 heteroatoms. The molecule has 0 fully saturated rings. The molecule has 236 valence electrons. The maximum atomic E-state index is 14.0. The highest BCUT2D eigenvalue weighted by Gasteiger charge is 2.42. The van der Waals surface area contributed by atoms with Crippen molar-refractivity contribution in [1.29, 1.82) is 0 Å². The van der Waals surface area contributed by atoms with Gasteiger partial charge in [0, 0.05) is 29.3 Å². The summed E-state index contributed by atoms with van der Waals surface area (Å²) in [5, 5.41) is 28.7. The molecule has 0 saturated carbocycles. The lowest BCUT2D eigenvalue weighted by atomic mass is 9.80. The molecular weight excluding hydrogens is 560 g/mol. The van der Waals surface area contributed by atoms with E-state index in [9.17, 15) is 29.1 Å². The Kier molecular flexibility index (Phi) is 13.4. The van der Waals surface area contributed by atoms with Crippen LogP contribution in [0.4, 0.5) is 0 Å². The molecule has 0 spiro atoms. The Bertz CT molecular complexity index is 1140. The lowest BCUT2D eigenvalue weighted by molar-refractivity contribution is -0.142. The molecule has 42 heavy (non-hydrogen) atoms. The minimum atomic E-state index is -1.37. The van der Waals surface area contributed by atoms with Crippen molar-refractivity contribution >= 4 is 41.0 Å². The smallest absolute Gasteiger partial charge is 0.326 e. The molecule has 1 rings (SSSR count). The van der Waals surface area contributed by atoms with Crippen molar-refractivity contribution in [2.45, 2.75) is 97.8 Å². The fraction of sp³-hybridized carbons (Fsp3) is 0.633. The van der Waals surface area contributed by atoms with Crippen LogP contribution in [0.3, 0.4) is 0 Å². The Morgan fingerprint density at radius 2 is 1.62 bits per heavy atom. The molecule has 0 saturated heterocycles. The zero-order valence-electron chi connectivity index (χ0n) is 26.4. The molecule has 5 N–H and O–H groups in total. The third-order valence-electron chi connectivity index (χ3n) is 7.34. The second-order valence-corrected chi connectivity index (χ2v) is 13.5. The number of thiophene rings is 1. The van der Waals surface area contributed by atoms with Gasteiger partial charge >= 0.3 is 11.9 Å². The standard InChI is InChI=1S/C30H48N4O7S/c1-17(2)20(16-18(3)25(37)32-19(28(40)41)13-14-22(35)36)34(10)27(39)24(29(4,5)6)33-26(38)23(31-9)30(7,8)21-12-11-15-42-21/h11-12,15-17,19-20,23-24,31H,13-14H2,1-10H3,(H,32,37)(H,33,38)(H,35,36)(H,40,41)/b18-16+/t19-,20-,23-,24?/m1/s1. The van der Waals surface area contributed by atoms with Gasteiger partial charge in [0.1, 0.15) is 12.1 Å². The van der Waals surface area contributed by atoms with E-state index in [1.54, 1.807) is 31.5 Å². The number of carboxylic acid groups (broad SMARTS) is 2. The Morgan fingerprint density at radius 1 is 1.02 bits per heavy atom. The molecule has 0 bridgehead atoms. The first-order valence-electron chi connectivity index (χ1n) is 14.0. The van der Waals surface area contributed by atoms with Crippen LogP contribution in [0.1, 0.15) is 73.1 Å². The van der Waals surface area contributed by atoms with Gasteiger partial charge in [-0.15, -0.1) is 11.3 Å². The van der Waals surface area contributed by atoms with Crippen molar-refractivity contribution in [3.8, 4) is 0 Å². The predicted octanol–water partition coefficient (Wildman–Crippen LogP) is 3.01. The number of hydrogen-bond donors (Lipinski definition) is 5. The van der Waals surface area contributed by atoms with Gasteiger partial charge in [0.25, 0.3) is 0 Å². The number of carbonyl (C=O) groups excluding carboxylic acids is 3. The normalized spacial score (nSPS) is 15.4. The number of likely N-dealkylation sites (N-methyl/N-ethyl adjacent to an activating group) is 2. The first kappa shape index (κ1) is 36.8. The van der Waals surface area contributed by atoms with Gasteiger partial charge < -0.3 is 31.1 Å². The summed E-state index contributed by atoms with van der Waals surface area (Å²) in [6.07, 6.45) is 0.913. The minimum Gasteiger partial charge on any atom is -0.481 e.